The van der Waals surface area contributed by atoms with Crippen LogP contribution in [0.25, 0.3) is 0 Å². The Morgan fingerprint density at radius 1 is 1.82 bits per heavy atom. The van der Waals surface area contributed by atoms with Crippen molar-refractivity contribution in [1.29, 1.82) is 0 Å². The molecule has 0 aromatic carbocycles. The number of hydrogen-bond acceptors (Lipinski definition) is 5. The minimum Gasteiger partial charge on any atom is -0.435 e. The summed E-state index contributed by atoms with van der Waals surface area (Å²) in [5, 5.41) is 2.06. The van der Waals surface area contributed by atoms with Gasteiger partial charge in [0, 0.05) is 7.11 Å². The van der Waals surface area contributed by atoms with E-state index in [4.69, 9.17) is 0 Å². The molecule has 0 aliphatic rings. The van der Waals surface area contributed by atoms with Crippen LogP contribution in [0.2, 0.25) is 0 Å². The van der Waals surface area contributed by atoms with Crippen molar-refractivity contribution in [2.24, 2.45) is 4.99 Å². The standard InChI is InChI=1S/C6H9NO3S/c1-5(9-2)10-6(8)3-7-4-11/h5H,3H2,1-2H3. The van der Waals surface area contributed by atoms with Crippen molar-refractivity contribution < 1.29 is 14.3 Å². The third kappa shape index (κ3) is 5.66. The number of isothiocyanates is 1. The molecule has 0 radical (unpaired) electrons. The van der Waals surface area contributed by atoms with Crippen molar-refractivity contribution in [2.75, 3.05) is 13.7 Å². The fraction of sp³-hybridized carbons (Fsp3) is 0.667. The smallest absolute Gasteiger partial charge is 0.330 e. The highest BCUT2D eigenvalue weighted by Crippen LogP contribution is 1.91. The lowest BCUT2D eigenvalue weighted by Crippen LogP contribution is -2.18. The highest BCUT2D eigenvalue weighted by atomic mass is 32.1. The molecule has 0 heterocycles. The molecular weight excluding hydrogens is 166 g/mol. The molecule has 0 aromatic rings. The zero-order valence-electron chi connectivity index (χ0n) is 6.36. The number of thiocarbonyl (C=S) groups is 1. The van der Waals surface area contributed by atoms with Gasteiger partial charge in [0.25, 0.3) is 0 Å². The van der Waals surface area contributed by atoms with E-state index in [2.05, 4.69) is 31.8 Å². The predicted molar refractivity (Wildman–Crippen MR) is 42.5 cm³/mol. The van der Waals surface area contributed by atoms with Gasteiger partial charge in [0.2, 0.25) is 0 Å². The van der Waals surface area contributed by atoms with E-state index in [-0.39, 0.29) is 6.54 Å². The SMILES string of the molecule is COC(C)OC(=O)CN=C=S. The second kappa shape index (κ2) is 5.97. The number of carbonyl (C=O) groups is 1. The lowest BCUT2D eigenvalue weighted by atomic mass is 10.6. The van der Waals surface area contributed by atoms with E-state index in [0.29, 0.717) is 0 Å². The predicted octanol–water partition coefficient (Wildman–Crippen LogP) is 0.625. The molecule has 0 aliphatic carbocycles. The number of ether oxygens (including phenoxy) is 2. The zero-order chi connectivity index (χ0) is 8.69. The third-order valence-corrected chi connectivity index (χ3v) is 1.03. The summed E-state index contributed by atoms with van der Waals surface area (Å²) in [5.74, 6) is -0.475. The fourth-order valence-corrected chi connectivity index (χ4v) is 0.432. The average Bonchev–Trinajstić information content (AvgIpc) is 2.00. The first kappa shape index (κ1) is 10.2. The minimum absolute atomic E-state index is 0.100. The van der Waals surface area contributed by atoms with Gasteiger partial charge in [-0.3, -0.25) is 0 Å². The van der Waals surface area contributed by atoms with Crippen molar-refractivity contribution in [1.82, 2.24) is 0 Å². The van der Waals surface area contributed by atoms with Crippen LogP contribution in [0.15, 0.2) is 4.99 Å². The molecule has 0 spiro atoms. The Bertz CT molecular complexity index is 177. The maximum atomic E-state index is 10.7. The lowest BCUT2D eigenvalue weighted by Gasteiger charge is -2.08. The second-order valence-electron chi connectivity index (χ2n) is 1.70. The Hall–Kier alpha value is -0.770. The Kier molecular flexibility index (Phi) is 5.56. The molecule has 1 unspecified atom stereocenters. The number of hydrogen-bond donors (Lipinski definition) is 0. The fourth-order valence-electron chi connectivity index (χ4n) is 0.367. The largest absolute Gasteiger partial charge is 0.435 e. The number of esters is 1. The van der Waals surface area contributed by atoms with Crippen LogP contribution in [0, 0.1) is 0 Å². The summed E-state index contributed by atoms with van der Waals surface area (Å²) in [4.78, 5) is 14.1. The lowest BCUT2D eigenvalue weighted by molar-refractivity contribution is -0.167. The van der Waals surface area contributed by atoms with Crippen molar-refractivity contribution in [3.63, 3.8) is 0 Å². The second-order valence-corrected chi connectivity index (χ2v) is 1.88. The van der Waals surface area contributed by atoms with Gasteiger partial charge in [-0.05, 0) is 19.1 Å². The number of methoxy groups -OCH3 is 1. The normalized spacial score (nSPS) is 11.5. The van der Waals surface area contributed by atoms with E-state index in [1.54, 1.807) is 6.92 Å². The minimum atomic E-state index is -0.539. The highest BCUT2D eigenvalue weighted by molar-refractivity contribution is 7.78. The van der Waals surface area contributed by atoms with E-state index in [1.165, 1.54) is 7.11 Å². The van der Waals surface area contributed by atoms with Crippen LogP contribution in [0.3, 0.4) is 0 Å². The van der Waals surface area contributed by atoms with E-state index in [9.17, 15) is 4.79 Å². The number of carbonyl (C=O) groups excluding carboxylic acids is 1. The van der Waals surface area contributed by atoms with Crippen LogP contribution < -0.4 is 0 Å². The molecule has 0 amide bonds. The van der Waals surface area contributed by atoms with Crippen molar-refractivity contribution in [3.05, 3.63) is 0 Å². The van der Waals surface area contributed by atoms with Gasteiger partial charge >= 0.3 is 5.97 Å². The molecule has 0 saturated carbocycles. The molecule has 62 valence electrons. The molecule has 0 bridgehead atoms. The molecule has 0 saturated heterocycles. The van der Waals surface area contributed by atoms with Crippen LogP contribution in [0.5, 0.6) is 0 Å². The third-order valence-electron chi connectivity index (χ3n) is 0.902. The topological polar surface area (TPSA) is 47.9 Å². The summed E-state index contributed by atoms with van der Waals surface area (Å²) in [7, 11) is 1.44. The summed E-state index contributed by atoms with van der Waals surface area (Å²) in [6, 6.07) is 0. The quantitative estimate of drug-likeness (QED) is 0.272. The first-order valence-corrected chi connectivity index (χ1v) is 3.37. The zero-order valence-corrected chi connectivity index (χ0v) is 7.18. The Labute approximate surface area is 70.2 Å². The molecule has 5 heteroatoms. The number of aliphatic imine (C=N–C) groups is 1. The van der Waals surface area contributed by atoms with Crippen LogP contribution in [-0.2, 0) is 14.3 Å². The monoisotopic (exact) mass is 175 g/mol. The van der Waals surface area contributed by atoms with Gasteiger partial charge in [-0.15, -0.1) is 0 Å². The summed E-state index contributed by atoms with van der Waals surface area (Å²) >= 11 is 4.26. The first-order chi connectivity index (χ1) is 5.20. The van der Waals surface area contributed by atoms with Gasteiger partial charge in [0.15, 0.2) is 6.29 Å². The Morgan fingerprint density at radius 2 is 2.45 bits per heavy atom. The molecule has 11 heavy (non-hydrogen) atoms. The van der Waals surface area contributed by atoms with Gasteiger partial charge in [-0.1, -0.05) is 0 Å². The van der Waals surface area contributed by atoms with Crippen molar-refractivity contribution in [3.8, 4) is 0 Å². The van der Waals surface area contributed by atoms with Gasteiger partial charge < -0.3 is 9.47 Å². The van der Waals surface area contributed by atoms with Gasteiger partial charge in [-0.25, -0.2) is 9.79 Å². The van der Waals surface area contributed by atoms with Gasteiger partial charge in [0.05, 0.1) is 5.16 Å². The van der Waals surface area contributed by atoms with Gasteiger partial charge in [0.1, 0.15) is 6.54 Å². The van der Waals surface area contributed by atoms with Crippen molar-refractivity contribution in [2.45, 2.75) is 13.2 Å². The Morgan fingerprint density at radius 3 is 2.91 bits per heavy atom. The summed E-state index contributed by atoms with van der Waals surface area (Å²) < 4.78 is 9.33. The molecule has 1 atom stereocenters. The molecule has 0 N–H and O–H groups in total. The van der Waals surface area contributed by atoms with Gasteiger partial charge in [-0.2, -0.15) is 0 Å². The van der Waals surface area contributed by atoms with Crippen LogP contribution in [0.1, 0.15) is 6.92 Å². The number of rotatable bonds is 4. The molecule has 0 aromatic heterocycles. The van der Waals surface area contributed by atoms with E-state index >= 15 is 0 Å². The molecule has 4 nitrogen and oxygen atoms in total. The van der Waals surface area contributed by atoms with Crippen LogP contribution in [-0.4, -0.2) is 31.1 Å². The maximum absolute atomic E-state index is 10.7. The Balaban J connectivity index is 3.60. The summed E-state index contributed by atoms with van der Waals surface area (Å²) in [6.07, 6.45) is -0.539. The molecule has 0 fully saturated rings. The maximum Gasteiger partial charge on any atom is 0.330 e. The van der Waals surface area contributed by atoms with E-state index < -0.39 is 12.3 Å². The average molecular weight is 175 g/mol. The highest BCUT2D eigenvalue weighted by Gasteiger charge is 2.05. The summed E-state index contributed by atoms with van der Waals surface area (Å²) in [5.41, 5.74) is 0. The molecular formula is C6H9NO3S. The van der Waals surface area contributed by atoms with E-state index in [1.807, 2.05) is 0 Å². The number of nitrogens with zero attached hydrogens (tertiary/aromatic N) is 1. The first-order valence-electron chi connectivity index (χ1n) is 2.96. The summed E-state index contributed by atoms with van der Waals surface area (Å²) in [6.45, 7) is 1.51. The van der Waals surface area contributed by atoms with Crippen molar-refractivity contribution >= 4 is 23.3 Å². The molecule has 0 aliphatic heterocycles. The van der Waals surface area contributed by atoms with Crippen LogP contribution >= 0.6 is 12.2 Å². The van der Waals surface area contributed by atoms with E-state index in [0.717, 1.165) is 0 Å². The van der Waals surface area contributed by atoms with Crippen LogP contribution in [0.4, 0.5) is 0 Å². The molecule has 0 rings (SSSR count).